The monoisotopic (exact) mass is 231 g/mol. The Kier molecular flexibility index (Phi) is 5.54. The lowest BCUT2D eigenvalue weighted by Crippen LogP contribution is -1.98. The fraction of sp³-hybridized carbons (Fsp3) is 0.333. The molecule has 1 aromatic rings. The Morgan fingerprint density at radius 3 is 2.58 bits per heavy atom. The van der Waals surface area contributed by atoms with Crippen LogP contribution in [0.15, 0.2) is 24.3 Å². The van der Waals surface area contributed by atoms with Crippen molar-refractivity contribution in [1.82, 2.24) is 0 Å². The molecule has 0 radical (unpaired) electrons. The zero-order valence-corrected chi connectivity index (χ0v) is 9.05. The van der Waals surface area contributed by atoms with Crippen LogP contribution in [0.4, 0.5) is 5.69 Å². The zero-order valence-electron chi connectivity index (χ0n) is 7.33. The Bertz CT molecular complexity index is 228. The molecule has 0 aromatic heterocycles. The van der Waals surface area contributed by atoms with E-state index in [9.17, 15) is 0 Å². The molecular formula is C9H14BrNO. The van der Waals surface area contributed by atoms with Crippen molar-refractivity contribution in [3.63, 3.8) is 0 Å². The highest BCUT2D eigenvalue weighted by Gasteiger charge is 1.96. The van der Waals surface area contributed by atoms with E-state index in [1.807, 2.05) is 24.3 Å². The second-order valence-corrected chi connectivity index (χ2v) is 2.23. The van der Waals surface area contributed by atoms with Gasteiger partial charge in [-0.05, 0) is 19.1 Å². The summed E-state index contributed by atoms with van der Waals surface area (Å²) in [5, 5.41) is 3.20. The van der Waals surface area contributed by atoms with Crippen molar-refractivity contribution in [3.05, 3.63) is 24.3 Å². The molecule has 0 bridgehead atoms. The molecule has 0 spiro atoms. The third-order valence-electron chi connectivity index (χ3n) is 1.47. The highest BCUT2D eigenvalue weighted by molar-refractivity contribution is 8.93. The molecule has 0 amide bonds. The first-order chi connectivity index (χ1) is 5.38. The van der Waals surface area contributed by atoms with E-state index in [1.165, 1.54) is 0 Å². The summed E-state index contributed by atoms with van der Waals surface area (Å²) in [5.74, 6) is 0.898. The van der Waals surface area contributed by atoms with Crippen molar-refractivity contribution in [3.8, 4) is 5.75 Å². The third-order valence-corrected chi connectivity index (χ3v) is 1.47. The van der Waals surface area contributed by atoms with Crippen molar-refractivity contribution in [2.45, 2.75) is 6.92 Å². The third kappa shape index (κ3) is 2.74. The molecule has 0 aliphatic heterocycles. The molecule has 3 heteroatoms. The molecule has 1 N–H and O–H groups in total. The van der Waals surface area contributed by atoms with Crippen LogP contribution in [0.1, 0.15) is 6.92 Å². The summed E-state index contributed by atoms with van der Waals surface area (Å²) in [6.45, 7) is 2.98. The molecule has 0 heterocycles. The average molecular weight is 232 g/mol. The van der Waals surface area contributed by atoms with Gasteiger partial charge in [-0.25, -0.2) is 0 Å². The van der Waals surface area contributed by atoms with Crippen LogP contribution in [0.3, 0.4) is 0 Å². The average Bonchev–Trinajstić information content (AvgIpc) is 2.06. The van der Waals surface area contributed by atoms with Crippen molar-refractivity contribution >= 4 is 22.7 Å². The maximum Gasteiger partial charge on any atom is 0.141 e. The molecule has 2 nitrogen and oxygen atoms in total. The molecule has 0 aliphatic carbocycles. The molecule has 0 saturated heterocycles. The lowest BCUT2D eigenvalue weighted by Gasteiger charge is -2.07. The van der Waals surface area contributed by atoms with E-state index in [0.29, 0.717) is 0 Å². The molecule has 0 atom stereocenters. The second-order valence-electron chi connectivity index (χ2n) is 2.23. The second kappa shape index (κ2) is 5.89. The Balaban J connectivity index is 0.00000121. The number of methoxy groups -OCH3 is 1. The molecule has 0 saturated carbocycles. The van der Waals surface area contributed by atoms with E-state index in [0.717, 1.165) is 18.0 Å². The highest BCUT2D eigenvalue weighted by atomic mass is 79.9. The van der Waals surface area contributed by atoms with Gasteiger partial charge < -0.3 is 10.1 Å². The number of anilines is 1. The number of rotatable bonds is 3. The summed E-state index contributed by atoms with van der Waals surface area (Å²) in [7, 11) is 1.68. The number of halogens is 1. The molecule has 0 fully saturated rings. The first-order valence-corrected chi connectivity index (χ1v) is 3.75. The van der Waals surface area contributed by atoms with Gasteiger partial charge in [-0.15, -0.1) is 17.0 Å². The minimum absolute atomic E-state index is 0. The van der Waals surface area contributed by atoms with Gasteiger partial charge in [0.15, 0.2) is 0 Å². The largest absolute Gasteiger partial charge is 0.495 e. The quantitative estimate of drug-likeness (QED) is 0.865. The van der Waals surface area contributed by atoms with Gasteiger partial charge in [0.25, 0.3) is 0 Å². The van der Waals surface area contributed by atoms with Gasteiger partial charge in [-0.1, -0.05) is 12.1 Å². The Hall–Kier alpha value is -0.700. The molecule has 12 heavy (non-hydrogen) atoms. The summed E-state index contributed by atoms with van der Waals surface area (Å²) in [4.78, 5) is 0. The van der Waals surface area contributed by atoms with Gasteiger partial charge in [-0.3, -0.25) is 0 Å². The van der Waals surface area contributed by atoms with E-state index in [1.54, 1.807) is 7.11 Å². The van der Waals surface area contributed by atoms with Crippen LogP contribution in [-0.4, -0.2) is 13.7 Å². The Labute approximate surface area is 83.7 Å². The van der Waals surface area contributed by atoms with Crippen molar-refractivity contribution in [1.29, 1.82) is 0 Å². The fourth-order valence-corrected chi connectivity index (χ4v) is 0.981. The van der Waals surface area contributed by atoms with E-state index in [4.69, 9.17) is 4.74 Å². The number of ether oxygens (including phenoxy) is 1. The summed E-state index contributed by atoms with van der Waals surface area (Å²) >= 11 is 0. The van der Waals surface area contributed by atoms with Gasteiger partial charge in [0, 0.05) is 6.54 Å². The summed E-state index contributed by atoms with van der Waals surface area (Å²) in [6, 6.07) is 7.89. The zero-order chi connectivity index (χ0) is 8.10. The van der Waals surface area contributed by atoms with E-state index >= 15 is 0 Å². The number of para-hydroxylation sites is 2. The predicted octanol–water partition coefficient (Wildman–Crippen LogP) is 2.70. The van der Waals surface area contributed by atoms with E-state index in [-0.39, 0.29) is 17.0 Å². The van der Waals surface area contributed by atoms with Crippen LogP contribution in [0.2, 0.25) is 0 Å². The lowest BCUT2D eigenvalue weighted by molar-refractivity contribution is 0.416. The van der Waals surface area contributed by atoms with Gasteiger partial charge >= 0.3 is 0 Å². The smallest absolute Gasteiger partial charge is 0.141 e. The number of hydrogen-bond acceptors (Lipinski definition) is 2. The van der Waals surface area contributed by atoms with Crippen molar-refractivity contribution in [2.24, 2.45) is 0 Å². The van der Waals surface area contributed by atoms with Crippen LogP contribution in [-0.2, 0) is 0 Å². The highest BCUT2D eigenvalue weighted by Crippen LogP contribution is 2.22. The first-order valence-electron chi connectivity index (χ1n) is 3.75. The SMILES string of the molecule is Br.CCNc1ccccc1OC. The van der Waals surface area contributed by atoms with Gasteiger partial charge in [-0.2, -0.15) is 0 Å². The van der Waals surface area contributed by atoms with Crippen LogP contribution in [0.5, 0.6) is 5.75 Å². The van der Waals surface area contributed by atoms with Crippen LogP contribution in [0.25, 0.3) is 0 Å². The molecule has 0 unspecified atom stereocenters. The minimum atomic E-state index is 0. The van der Waals surface area contributed by atoms with E-state index in [2.05, 4.69) is 12.2 Å². The van der Waals surface area contributed by atoms with Gasteiger partial charge in [0.05, 0.1) is 12.8 Å². The van der Waals surface area contributed by atoms with E-state index < -0.39 is 0 Å². The molecule has 68 valence electrons. The van der Waals surface area contributed by atoms with Crippen LogP contribution >= 0.6 is 17.0 Å². The number of nitrogens with one attached hydrogen (secondary N) is 1. The van der Waals surface area contributed by atoms with Gasteiger partial charge in [0.1, 0.15) is 5.75 Å². The van der Waals surface area contributed by atoms with Crippen molar-refractivity contribution < 1.29 is 4.74 Å². The maximum absolute atomic E-state index is 5.14. The molecule has 0 aliphatic rings. The lowest BCUT2D eigenvalue weighted by atomic mass is 10.3. The summed E-state index contributed by atoms with van der Waals surface area (Å²) < 4.78 is 5.14. The normalized spacial score (nSPS) is 8.50. The topological polar surface area (TPSA) is 21.3 Å². The Morgan fingerprint density at radius 1 is 1.33 bits per heavy atom. The maximum atomic E-state index is 5.14. The Morgan fingerprint density at radius 2 is 2.00 bits per heavy atom. The number of benzene rings is 1. The van der Waals surface area contributed by atoms with Crippen molar-refractivity contribution in [2.75, 3.05) is 19.0 Å². The standard InChI is InChI=1S/C9H13NO.BrH/c1-3-10-8-6-4-5-7-9(8)11-2;/h4-7,10H,3H2,1-2H3;1H. The number of hydrogen-bond donors (Lipinski definition) is 1. The first kappa shape index (κ1) is 11.3. The molecule has 1 aromatic carbocycles. The van der Waals surface area contributed by atoms with Crippen LogP contribution < -0.4 is 10.1 Å². The summed E-state index contributed by atoms with van der Waals surface area (Å²) in [5.41, 5.74) is 1.05. The minimum Gasteiger partial charge on any atom is -0.495 e. The molecular weight excluding hydrogens is 218 g/mol. The predicted molar refractivity (Wildman–Crippen MR) is 57.5 cm³/mol. The van der Waals surface area contributed by atoms with Gasteiger partial charge in [0.2, 0.25) is 0 Å². The fourth-order valence-electron chi connectivity index (χ4n) is 0.981. The molecule has 1 rings (SSSR count). The summed E-state index contributed by atoms with van der Waals surface area (Å²) in [6.07, 6.45) is 0. The van der Waals surface area contributed by atoms with Crippen LogP contribution in [0, 0.1) is 0 Å².